The van der Waals surface area contributed by atoms with Crippen molar-refractivity contribution < 1.29 is 9.90 Å². The highest BCUT2D eigenvalue weighted by molar-refractivity contribution is 9.10. The largest absolute Gasteiger partial charge is 0.481 e. The number of carboxylic acids is 1. The fraction of sp³-hybridized carbons (Fsp3) is 0.417. The molecule has 88 valence electrons. The smallest absolute Gasteiger partial charge is 0.303 e. The molecule has 1 rings (SSSR count). The third-order valence-electron chi connectivity index (χ3n) is 2.33. The summed E-state index contributed by atoms with van der Waals surface area (Å²) in [5, 5.41) is 11.8. The molecule has 0 amide bonds. The van der Waals surface area contributed by atoms with Gasteiger partial charge < -0.3 is 10.4 Å². The minimum atomic E-state index is -0.742. The van der Waals surface area contributed by atoms with Crippen LogP contribution in [0.25, 0.3) is 0 Å². The van der Waals surface area contributed by atoms with Crippen LogP contribution in [0.15, 0.2) is 22.7 Å². The molecule has 0 atom stereocenters. The van der Waals surface area contributed by atoms with Crippen LogP contribution in [0.4, 0.5) is 5.69 Å². The van der Waals surface area contributed by atoms with Crippen molar-refractivity contribution in [1.82, 2.24) is 0 Å². The van der Waals surface area contributed by atoms with Crippen molar-refractivity contribution in [3.05, 3.63) is 28.2 Å². The van der Waals surface area contributed by atoms with Gasteiger partial charge in [0.15, 0.2) is 0 Å². The van der Waals surface area contributed by atoms with E-state index in [0.717, 1.165) is 16.6 Å². The van der Waals surface area contributed by atoms with Crippen LogP contribution in [-0.2, 0) is 11.2 Å². The molecule has 0 saturated carbocycles. The van der Waals surface area contributed by atoms with Crippen LogP contribution in [0.3, 0.4) is 0 Å². The Morgan fingerprint density at radius 1 is 1.50 bits per heavy atom. The van der Waals surface area contributed by atoms with Crippen molar-refractivity contribution >= 4 is 27.6 Å². The average molecular weight is 286 g/mol. The lowest BCUT2D eigenvalue weighted by atomic mass is 10.1. The first-order valence-electron chi connectivity index (χ1n) is 5.37. The van der Waals surface area contributed by atoms with E-state index in [1.165, 1.54) is 5.56 Å². The minimum Gasteiger partial charge on any atom is -0.481 e. The Morgan fingerprint density at radius 3 is 2.88 bits per heavy atom. The molecule has 0 heterocycles. The summed E-state index contributed by atoms with van der Waals surface area (Å²) in [6, 6.07) is 6.09. The molecule has 0 fully saturated rings. The molecule has 3 nitrogen and oxygen atoms in total. The third kappa shape index (κ3) is 4.23. The Hall–Kier alpha value is -1.03. The second-order valence-electron chi connectivity index (χ2n) is 3.58. The van der Waals surface area contributed by atoms with Crippen molar-refractivity contribution in [2.24, 2.45) is 0 Å². The van der Waals surface area contributed by atoms with Gasteiger partial charge in [0.2, 0.25) is 0 Å². The van der Waals surface area contributed by atoms with Crippen LogP contribution in [0.2, 0.25) is 0 Å². The van der Waals surface area contributed by atoms with Gasteiger partial charge in [0.05, 0.1) is 0 Å². The van der Waals surface area contributed by atoms with Crippen molar-refractivity contribution in [3.8, 4) is 0 Å². The monoisotopic (exact) mass is 285 g/mol. The first-order valence-corrected chi connectivity index (χ1v) is 6.17. The van der Waals surface area contributed by atoms with Gasteiger partial charge in [-0.2, -0.15) is 0 Å². The molecule has 0 spiro atoms. The molecular formula is C12H16BrNO2. The van der Waals surface area contributed by atoms with Gasteiger partial charge in [-0.25, -0.2) is 0 Å². The first-order chi connectivity index (χ1) is 7.63. The number of rotatable bonds is 6. The Morgan fingerprint density at radius 2 is 2.25 bits per heavy atom. The number of carboxylic acid groups (broad SMARTS) is 1. The van der Waals surface area contributed by atoms with E-state index in [4.69, 9.17) is 5.11 Å². The summed E-state index contributed by atoms with van der Waals surface area (Å²) in [7, 11) is 0. The number of aliphatic carboxylic acids is 1. The van der Waals surface area contributed by atoms with Gasteiger partial charge in [-0.05, 0) is 36.6 Å². The van der Waals surface area contributed by atoms with Gasteiger partial charge in [0.25, 0.3) is 0 Å². The molecule has 0 aromatic heterocycles. The predicted molar refractivity (Wildman–Crippen MR) is 68.9 cm³/mol. The van der Waals surface area contributed by atoms with E-state index in [0.29, 0.717) is 13.0 Å². The maximum absolute atomic E-state index is 10.3. The number of hydrogen-bond acceptors (Lipinski definition) is 2. The minimum absolute atomic E-state index is 0.213. The molecule has 0 saturated heterocycles. The molecule has 1 aromatic carbocycles. The summed E-state index contributed by atoms with van der Waals surface area (Å²) in [6.07, 6.45) is 1.82. The van der Waals surface area contributed by atoms with Gasteiger partial charge in [-0.3, -0.25) is 4.79 Å². The Kier molecular flexibility index (Phi) is 5.32. The normalized spacial score (nSPS) is 10.1. The molecule has 4 heteroatoms. The zero-order chi connectivity index (χ0) is 12.0. The molecule has 2 N–H and O–H groups in total. The summed E-state index contributed by atoms with van der Waals surface area (Å²) < 4.78 is 1.07. The molecule has 0 unspecified atom stereocenters. The maximum atomic E-state index is 10.3. The third-order valence-corrected chi connectivity index (χ3v) is 2.82. The van der Waals surface area contributed by atoms with Crippen LogP contribution in [0.5, 0.6) is 0 Å². The number of nitrogens with one attached hydrogen (secondary N) is 1. The van der Waals surface area contributed by atoms with Gasteiger partial charge in [-0.1, -0.05) is 22.9 Å². The topological polar surface area (TPSA) is 49.3 Å². The highest BCUT2D eigenvalue weighted by Crippen LogP contribution is 2.21. The molecule has 16 heavy (non-hydrogen) atoms. The number of aryl methyl sites for hydroxylation is 1. The van der Waals surface area contributed by atoms with E-state index in [2.05, 4.69) is 34.2 Å². The lowest BCUT2D eigenvalue weighted by Crippen LogP contribution is -2.06. The van der Waals surface area contributed by atoms with E-state index in [9.17, 15) is 4.79 Å². The summed E-state index contributed by atoms with van der Waals surface area (Å²) in [5.41, 5.74) is 2.33. The Balaban J connectivity index is 2.50. The van der Waals surface area contributed by atoms with E-state index in [1.54, 1.807) is 0 Å². The highest BCUT2D eigenvalue weighted by atomic mass is 79.9. The van der Waals surface area contributed by atoms with Crippen LogP contribution in [-0.4, -0.2) is 17.6 Å². The van der Waals surface area contributed by atoms with Crippen molar-refractivity contribution in [3.63, 3.8) is 0 Å². The van der Waals surface area contributed by atoms with Crippen molar-refractivity contribution in [1.29, 1.82) is 0 Å². The number of carbonyl (C=O) groups is 1. The lowest BCUT2D eigenvalue weighted by Gasteiger charge is -2.10. The molecule has 0 bridgehead atoms. The van der Waals surface area contributed by atoms with Crippen LogP contribution in [0.1, 0.15) is 25.3 Å². The lowest BCUT2D eigenvalue weighted by molar-refractivity contribution is -0.137. The summed E-state index contributed by atoms with van der Waals surface area (Å²) in [4.78, 5) is 10.3. The molecule has 0 aliphatic carbocycles. The van der Waals surface area contributed by atoms with Crippen LogP contribution >= 0.6 is 15.9 Å². The van der Waals surface area contributed by atoms with Gasteiger partial charge in [0, 0.05) is 23.1 Å². The zero-order valence-electron chi connectivity index (χ0n) is 9.29. The predicted octanol–water partition coefficient (Wildman–Crippen LogP) is 3.29. The molecule has 1 aromatic rings. The molecular weight excluding hydrogens is 270 g/mol. The fourth-order valence-corrected chi connectivity index (χ4v) is 1.90. The zero-order valence-corrected chi connectivity index (χ0v) is 10.9. The van der Waals surface area contributed by atoms with E-state index < -0.39 is 5.97 Å². The van der Waals surface area contributed by atoms with E-state index in [-0.39, 0.29) is 6.42 Å². The summed E-state index contributed by atoms with van der Waals surface area (Å²) in [5.74, 6) is -0.742. The average Bonchev–Trinajstić information content (AvgIpc) is 2.25. The summed E-state index contributed by atoms with van der Waals surface area (Å²) >= 11 is 3.43. The second-order valence-corrected chi connectivity index (χ2v) is 4.49. The number of anilines is 1. The van der Waals surface area contributed by atoms with E-state index >= 15 is 0 Å². The van der Waals surface area contributed by atoms with Gasteiger partial charge in [0.1, 0.15) is 0 Å². The maximum Gasteiger partial charge on any atom is 0.303 e. The van der Waals surface area contributed by atoms with Gasteiger partial charge >= 0.3 is 5.97 Å². The standard InChI is InChI=1S/C12H16BrNO2/c1-2-9-8-10(13)5-6-11(9)14-7-3-4-12(15)16/h5-6,8,14H,2-4,7H2,1H3,(H,15,16). The quantitative estimate of drug-likeness (QED) is 0.789. The number of halogens is 1. The van der Waals surface area contributed by atoms with Crippen molar-refractivity contribution in [2.75, 3.05) is 11.9 Å². The van der Waals surface area contributed by atoms with Gasteiger partial charge in [-0.15, -0.1) is 0 Å². The summed E-state index contributed by atoms with van der Waals surface area (Å²) in [6.45, 7) is 2.80. The number of hydrogen-bond donors (Lipinski definition) is 2. The first kappa shape index (κ1) is 13.0. The Bertz CT molecular complexity index is 366. The fourth-order valence-electron chi connectivity index (χ4n) is 1.49. The van der Waals surface area contributed by atoms with Crippen LogP contribution < -0.4 is 5.32 Å². The number of benzene rings is 1. The van der Waals surface area contributed by atoms with Crippen LogP contribution in [0, 0.1) is 0 Å². The van der Waals surface area contributed by atoms with Crippen molar-refractivity contribution in [2.45, 2.75) is 26.2 Å². The second kappa shape index (κ2) is 6.53. The SMILES string of the molecule is CCc1cc(Br)ccc1NCCCC(=O)O. The molecule has 0 radical (unpaired) electrons. The Labute approximate surface area is 104 Å². The molecule has 0 aliphatic rings. The highest BCUT2D eigenvalue weighted by Gasteiger charge is 2.01. The van der Waals surface area contributed by atoms with E-state index in [1.807, 2.05) is 12.1 Å². The molecule has 0 aliphatic heterocycles.